The largest absolute Gasteiger partial charge is 0.381 e. The first-order valence-corrected chi connectivity index (χ1v) is 7.74. The molecule has 21 heavy (non-hydrogen) atoms. The Morgan fingerprint density at radius 1 is 1.00 bits per heavy atom. The Bertz CT molecular complexity index is 733. The molecule has 2 nitrogen and oxygen atoms in total. The number of anilines is 1. The second kappa shape index (κ2) is 6.19. The van der Waals surface area contributed by atoms with Crippen LogP contribution in [0.15, 0.2) is 71.5 Å². The van der Waals surface area contributed by atoms with Crippen molar-refractivity contribution in [3.8, 4) is 5.69 Å². The molecule has 3 aromatic rings. The smallest absolute Gasteiger partial charge is 0.0469 e. The second-order valence-electron chi connectivity index (χ2n) is 5.09. The number of hydrogen-bond donors (Lipinski definition) is 1. The summed E-state index contributed by atoms with van der Waals surface area (Å²) < 4.78 is 3.25. The van der Waals surface area contributed by atoms with E-state index < -0.39 is 0 Å². The molecule has 2 aromatic carbocycles. The van der Waals surface area contributed by atoms with Crippen LogP contribution in [-0.4, -0.2) is 4.57 Å². The first kappa shape index (κ1) is 14.0. The summed E-state index contributed by atoms with van der Waals surface area (Å²) in [5, 5.41) is 3.48. The van der Waals surface area contributed by atoms with Crippen molar-refractivity contribution >= 4 is 21.6 Å². The fourth-order valence-corrected chi connectivity index (χ4v) is 2.91. The predicted octanol–water partition coefficient (Wildman–Crippen LogP) is 5.16. The van der Waals surface area contributed by atoms with Crippen LogP contribution in [0.1, 0.15) is 11.1 Å². The number of rotatable bonds is 4. The van der Waals surface area contributed by atoms with E-state index in [1.807, 2.05) is 12.1 Å². The van der Waals surface area contributed by atoms with Gasteiger partial charge in [-0.1, -0.05) is 34.1 Å². The van der Waals surface area contributed by atoms with Crippen LogP contribution in [0, 0.1) is 6.92 Å². The number of benzene rings is 2. The molecule has 0 bridgehead atoms. The van der Waals surface area contributed by atoms with Crippen molar-refractivity contribution in [2.45, 2.75) is 13.5 Å². The molecule has 106 valence electrons. The third kappa shape index (κ3) is 3.37. The molecule has 0 aliphatic heterocycles. The van der Waals surface area contributed by atoms with E-state index in [4.69, 9.17) is 0 Å². The van der Waals surface area contributed by atoms with Gasteiger partial charge in [-0.2, -0.15) is 0 Å². The van der Waals surface area contributed by atoms with E-state index in [-0.39, 0.29) is 0 Å². The van der Waals surface area contributed by atoms with E-state index in [1.165, 1.54) is 11.1 Å². The molecule has 0 spiro atoms. The van der Waals surface area contributed by atoms with Gasteiger partial charge in [-0.25, -0.2) is 0 Å². The number of aryl methyl sites for hydroxylation is 1. The van der Waals surface area contributed by atoms with Gasteiger partial charge in [-0.05, 0) is 54.4 Å². The second-order valence-corrected chi connectivity index (χ2v) is 5.94. The highest BCUT2D eigenvalue weighted by atomic mass is 79.9. The van der Waals surface area contributed by atoms with Gasteiger partial charge in [0.25, 0.3) is 0 Å². The summed E-state index contributed by atoms with van der Waals surface area (Å²) in [6.45, 7) is 2.90. The Labute approximate surface area is 133 Å². The summed E-state index contributed by atoms with van der Waals surface area (Å²) in [6.07, 6.45) is 4.10. The molecule has 3 rings (SSSR count). The molecule has 0 aliphatic carbocycles. The molecule has 0 amide bonds. The van der Waals surface area contributed by atoms with E-state index >= 15 is 0 Å². The first-order chi connectivity index (χ1) is 10.2. The van der Waals surface area contributed by atoms with Crippen LogP contribution in [-0.2, 0) is 6.54 Å². The third-order valence-electron chi connectivity index (χ3n) is 3.44. The Kier molecular flexibility index (Phi) is 4.11. The molecule has 1 N–H and O–H groups in total. The minimum Gasteiger partial charge on any atom is -0.381 e. The topological polar surface area (TPSA) is 17.0 Å². The molecule has 1 aromatic heterocycles. The maximum atomic E-state index is 3.62. The molecule has 0 fully saturated rings. The molecule has 0 unspecified atom stereocenters. The first-order valence-electron chi connectivity index (χ1n) is 6.95. The van der Waals surface area contributed by atoms with Crippen molar-refractivity contribution in [3.63, 3.8) is 0 Å². The van der Waals surface area contributed by atoms with Gasteiger partial charge in [-0.3, -0.25) is 0 Å². The molecule has 0 saturated heterocycles. The molecule has 0 saturated carbocycles. The van der Waals surface area contributed by atoms with E-state index in [2.05, 4.69) is 87.6 Å². The third-order valence-corrected chi connectivity index (χ3v) is 4.18. The summed E-state index contributed by atoms with van der Waals surface area (Å²) in [4.78, 5) is 0. The summed E-state index contributed by atoms with van der Waals surface area (Å²) in [7, 11) is 0. The van der Waals surface area contributed by atoms with Gasteiger partial charge in [0.2, 0.25) is 0 Å². The zero-order valence-electron chi connectivity index (χ0n) is 11.9. The van der Waals surface area contributed by atoms with Crippen LogP contribution in [0.3, 0.4) is 0 Å². The van der Waals surface area contributed by atoms with E-state index in [1.54, 1.807) is 0 Å². The monoisotopic (exact) mass is 340 g/mol. The maximum Gasteiger partial charge on any atom is 0.0469 e. The van der Waals surface area contributed by atoms with Gasteiger partial charge in [0.05, 0.1) is 0 Å². The molecule has 0 radical (unpaired) electrons. The van der Waals surface area contributed by atoms with Crippen LogP contribution in [0.2, 0.25) is 0 Å². The SMILES string of the molecule is Cc1ccc(CNc2cccc(-n3cccc3)c2)c(Br)c1. The lowest BCUT2D eigenvalue weighted by Crippen LogP contribution is -2.01. The van der Waals surface area contributed by atoms with Crippen LogP contribution >= 0.6 is 15.9 Å². The Balaban J connectivity index is 1.75. The Hall–Kier alpha value is -2.00. The summed E-state index contributed by atoms with van der Waals surface area (Å²) >= 11 is 3.62. The molecular formula is C18H17BrN2. The van der Waals surface area contributed by atoms with Crippen molar-refractivity contribution in [2.75, 3.05) is 5.32 Å². The van der Waals surface area contributed by atoms with Crippen LogP contribution in [0.4, 0.5) is 5.69 Å². The van der Waals surface area contributed by atoms with Crippen LogP contribution in [0.25, 0.3) is 5.69 Å². The fourth-order valence-electron chi connectivity index (χ4n) is 2.28. The van der Waals surface area contributed by atoms with Crippen molar-refractivity contribution in [1.82, 2.24) is 4.57 Å². The highest BCUT2D eigenvalue weighted by molar-refractivity contribution is 9.10. The lowest BCUT2D eigenvalue weighted by Gasteiger charge is -2.11. The zero-order chi connectivity index (χ0) is 14.7. The van der Waals surface area contributed by atoms with Gasteiger partial charge in [0, 0.05) is 34.8 Å². The van der Waals surface area contributed by atoms with Crippen molar-refractivity contribution in [2.24, 2.45) is 0 Å². The van der Waals surface area contributed by atoms with Gasteiger partial charge < -0.3 is 9.88 Å². The van der Waals surface area contributed by atoms with E-state index in [9.17, 15) is 0 Å². The predicted molar refractivity (Wildman–Crippen MR) is 92.0 cm³/mol. The van der Waals surface area contributed by atoms with Gasteiger partial charge in [-0.15, -0.1) is 0 Å². The van der Waals surface area contributed by atoms with E-state index in [0.717, 1.165) is 22.4 Å². The quantitative estimate of drug-likeness (QED) is 0.694. The van der Waals surface area contributed by atoms with Crippen LogP contribution < -0.4 is 5.32 Å². The Morgan fingerprint density at radius 2 is 1.81 bits per heavy atom. The summed E-state index contributed by atoms with van der Waals surface area (Å²) in [5.41, 5.74) is 4.80. The standard InChI is InChI=1S/C18H17BrN2/c1-14-7-8-15(18(19)11-14)13-20-16-5-4-6-17(12-16)21-9-2-3-10-21/h2-12,20H,13H2,1H3. The minimum atomic E-state index is 0.802. The average Bonchev–Trinajstić information content (AvgIpc) is 3.01. The maximum absolute atomic E-state index is 3.62. The van der Waals surface area contributed by atoms with Crippen LogP contribution in [0.5, 0.6) is 0 Å². The van der Waals surface area contributed by atoms with E-state index in [0.29, 0.717) is 0 Å². The molecular weight excluding hydrogens is 324 g/mol. The van der Waals surface area contributed by atoms with Gasteiger partial charge >= 0.3 is 0 Å². The number of hydrogen-bond acceptors (Lipinski definition) is 1. The highest BCUT2D eigenvalue weighted by Gasteiger charge is 2.01. The molecule has 1 heterocycles. The highest BCUT2D eigenvalue weighted by Crippen LogP contribution is 2.21. The number of nitrogens with one attached hydrogen (secondary N) is 1. The zero-order valence-corrected chi connectivity index (χ0v) is 13.5. The lowest BCUT2D eigenvalue weighted by molar-refractivity contribution is 1.07. The normalized spacial score (nSPS) is 10.6. The average molecular weight is 341 g/mol. The van der Waals surface area contributed by atoms with Crippen molar-refractivity contribution in [3.05, 3.63) is 82.6 Å². The number of aromatic nitrogens is 1. The van der Waals surface area contributed by atoms with Crippen molar-refractivity contribution in [1.29, 1.82) is 0 Å². The number of nitrogens with zero attached hydrogens (tertiary/aromatic N) is 1. The van der Waals surface area contributed by atoms with Gasteiger partial charge in [0.1, 0.15) is 0 Å². The molecule has 3 heteroatoms. The van der Waals surface area contributed by atoms with Gasteiger partial charge in [0.15, 0.2) is 0 Å². The molecule has 0 aliphatic rings. The number of halogens is 1. The van der Waals surface area contributed by atoms with Crippen molar-refractivity contribution < 1.29 is 0 Å². The molecule has 0 atom stereocenters. The lowest BCUT2D eigenvalue weighted by atomic mass is 10.1. The fraction of sp³-hybridized carbons (Fsp3) is 0.111. The minimum absolute atomic E-state index is 0.802. The summed E-state index contributed by atoms with van der Waals surface area (Å²) in [5.74, 6) is 0. The Morgan fingerprint density at radius 3 is 2.57 bits per heavy atom. The summed E-state index contributed by atoms with van der Waals surface area (Å²) in [6, 6.07) is 18.9.